The van der Waals surface area contributed by atoms with Crippen LogP contribution in [0.15, 0.2) is 71.7 Å². The van der Waals surface area contributed by atoms with Crippen LogP contribution in [0.5, 0.6) is 5.75 Å². The zero-order valence-corrected chi connectivity index (χ0v) is 30.2. The van der Waals surface area contributed by atoms with Crippen molar-refractivity contribution in [1.82, 2.24) is 20.0 Å². The van der Waals surface area contributed by atoms with Crippen molar-refractivity contribution in [2.24, 2.45) is 10.9 Å². The number of nitrogens with zero attached hydrogens (tertiary/aromatic N) is 4. The highest BCUT2D eigenvalue weighted by molar-refractivity contribution is 6.30. The van der Waals surface area contributed by atoms with Crippen LogP contribution in [0.3, 0.4) is 0 Å². The number of amides is 3. The molecule has 0 saturated carbocycles. The van der Waals surface area contributed by atoms with Crippen LogP contribution in [0.2, 0.25) is 10.0 Å². The van der Waals surface area contributed by atoms with E-state index in [9.17, 15) is 27.9 Å². The van der Waals surface area contributed by atoms with E-state index in [1.165, 1.54) is 11.0 Å². The lowest BCUT2D eigenvalue weighted by molar-refractivity contribution is -0.137. The van der Waals surface area contributed by atoms with Gasteiger partial charge >= 0.3 is 12.2 Å². The average molecular weight is 749 g/mol. The Morgan fingerprint density at radius 3 is 2.12 bits per heavy atom. The number of benzene rings is 3. The Kier molecular flexibility index (Phi) is 12.5. The van der Waals surface area contributed by atoms with Gasteiger partial charge in [-0.3, -0.25) is 19.6 Å². The lowest BCUT2D eigenvalue weighted by Crippen LogP contribution is -2.55. The Morgan fingerprint density at radius 1 is 0.961 bits per heavy atom. The molecule has 0 aliphatic carbocycles. The Morgan fingerprint density at radius 2 is 1.57 bits per heavy atom. The predicted molar refractivity (Wildman–Crippen MR) is 191 cm³/mol. The third-order valence-electron chi connectivity index (χ3n) is 8.90. The minimum absolute atomic E-state index is 0.0510. The van der Waals surface area contributed by atoms with Crippen LogP contribution in [0, 0.1) is 5.92 Å². The van der Waals surface area contributed by atoms with Gasteiger partial charge in [0, 0.05) is 36.2 Å². The fraction of sp³-hybridized carbons (Fsp3) is 0.432. The van der Waals surface area contributed by atoms with Crippen LogP contribution in [0.4, 0.5) is 18.0 Å². The summed E-state index contributed by atoms with van der Waals surface area (Å²) in [4.78, 5) is 37.8. The molecular formula is C37H42Cl2F3N5O4. The van der Waals surface area contributed by atoms with E-state index in [2.05, 4.69) is 5.32 Å². The monoisotopic (exact) mass is 747 g/mol. The molecular weight excluding hydrogens is 706 g/mol. The Labute approximate surface area is 306 Å². The van der Waals surface area contributed by atoms with Crippen LogP contribution in [-0.4, -0.2) is 89.6 Å². The van der Waals surface area contributed by atoms with Crippen molar-refractivity contribution in [3.8, 4) is 5.75 Å². The van der Waals surface area contributed by atoms with Crippen LogP contribution in [0.1, 0.15) is 61.5 Å². The summed E-state index contributed by atoms with van der Waals surface area (Å²) < 4.78 is 47.2. The molecule has 1 fully saturated rings. The highest BCUT2D eigenvalue weighted by atomic mass is 35.5. The van der Waals surface area contributed by atoms with Crippen LogP contribution < -0.4 is 10.1 Å². The molecule has 2 aliphatic rings. The molecule has 9 nitrogen and oxygen atoms in total. The molecule has 2 N–H and O–H groups in total. The molecule has 14 heteroatoms. The maximum Gasteiger partial charge on any atom is 0.416 e. The van der Waals surface area contributed by atoms with Crippen molar-refractivity contribution in [2.75, 3.05) is 45.9 Å². The van der Waals surface area contributed by atoms with Gasteiger partial charge in [-0.05, 0) is 72.9 Å². The van der Waals surface area contributed by atoms with Gasteiger partial charge in [0.25, 0.3) is 0 Å². The second-order valence-electron chi connectivity index (χ2n) is 13.1. The Bertz CT molecular complexity index is 1700. The third kappa shape index (κ3) is 9.34. The van der Waals surface area contributed by atoms with E-state index >= 15 is 0 Å². The van der Waals surface area contributed by atoms with Gasteiger partial charge in [0.2, 0.25) is 5.91 Å². The molecule has 274 valence electrons. The maximum atomic E-state index is 14.8. The van der Waals surface area contributed by atoms with Crippen molar-refractivity contribution in [1.29, 1.82) is 0 Å². The van der Waals surface area contributed by atoms with E-state index in [-0.39, 0.29) is 61.9 Å². The number of aliphatic imine (C=N–C) groups is 1. The zero-order chi connectivity index (χ0) is 36.9. The maximum absolute atomic E-state index is 14.8. The Hall–Kier alpha value is -3.84. The molecule has 3 unspecified atom stereocenters. The molecule has 3 atom stereocenters. The van der Waals surface area contributed by atoms with Gasteiger partial charge < -0.3 is 20.1 Å². The molecule has 3 amide bonds. The smallest absolute Gasteiger partial charge is 0.416 e. The van der Waals surface area contributed by atoms with Crippen LogP contribution in [-0.2, 0) is 11.0 Å². The van der Waals surface area contributed by atoms with Gasteiger partial charge in [-0.25, -0.2) is 4.79 Å². The van der Waals surface area contributed by atoms with Crippen molar-refractivity contribution in [3.05, 3.63) is 99.0 Å². The van der Waals surface area contributed by atoms with E-state index in [1.54, 1.807) is 48.2 Å². The number of nitrogens with one attached hydrogen (secondary N) is 1. The number of hydrogen-bond donors (Lipinski definition) is 2. The zero-order valence-electron chi connectivity index (χ0n) is 28.7. The number of urea groups is 1. The minimum atomic E-state index is -4.61. The molecule has 2 heterocycles. The number of aliphatic hydroxyl groups excluding tert-OH is 1. The number of alkyl halides is 3. The molecule has 0 spiro atoms. The van der Waals surface area contributed by atoms with Crippen molar-refractivity contribution in [2.45, 2.75) is 51.5 Å². The van der Waals surface area contributed by atoms with Crippen LogP contribution >= 0.6 is 23.2 Å². The number of hydrogen-bond acceptors (Lipinski definition) is 6. The summed E-state index contributed by atoms with van der Waals surface area (Å²) in [6, 6.07) is 15.2. The first-order chi connectivity index (χ1) is 24.3. The number of rotatable bonds is 11. The summed E-state index contributed by atoms with van der Waals surface area (Å²) in [5, 5.41) is 13.6. The first kappa shape index (κ1) is 38.4. The lowest BCUT2D eigenvalue weighted by atomic mass is 9.93. The summed E-state index contributed by atoms with van der Waals surface area (Å²) in [5.41, 5.74) is 0.811. The fourth-order valence-electron chi connectivity index (χ4n) is 6.49. The molecule has 51 heavy (non-hydrogen) atoms. The minimum Gasteiger partial charge on any atom is -0.493 e. The molecule has 1 saturated heterocycles. The van der Waals surface area contributed by atoms with Gasteiger partial charge in [0.15, 0.2) is 0 Å². The second kappa shape index (κ2) is 16.7. The summed E-state index contributed by atoms with van der Waals surface area (Å²) >= 11 is 12.5. The number of halogens is 5. The number of carbonyl (C=O) groups excluding carboxylic acids is 2. The number of ether oxygens (including phenoxy) is 1. The number of carbonyl (C=O) groups is 2. The second-order valence-corrected chi connectivity index (χ2v) is 14.0. The topological polar surface area (TPSA) is 97.7 Å². The van der Waals surface area contributed by atoms with E-state index < -0.39 is 29.9 Å². The SMILES string of the molecule is CCOc1cc(C(F)(F)F)ccc1C1=NC(c2ccc(Cl)cc2)C(c2ccc(Cl)cc2)N1C(=O)N1CCN(CC(=O)NC(CO)CC(C)C)CC1. The summed E-state index contributed by atoms with van der Waals surface area (Å²) in [7, 11) is 0. The summed E-state index contributed by atoms with van der Waals surface area (Å²) in [6.45, 7) is 7.15. The lowest BCUT2D eigenvalue weighted by Gasteiger charge is -2.39. The number of amidine groups is 1. The fourth-order valence-corrected chi connectivity index (χ4v) is 6.74. The molecule has 2 aliphatic heterocycles. The van der Waals surface area contributed by atoms with Gasteiger partial charge in [0.1, 0.15) is 17.6 Å². The van der Waals surface area contributed by atoms with E-state index in [0.29, 0.717) is 41.0 Å². The third-order valence-corrected chi connectivity index (χ3v) is 9.40. The van der Waals surface area contributed by atoms with Gasteiger partial charge in [0.05, 0.1) is 43.0 Å². The van der Waals surface area contributed by atoms with Crippen LogP contribution in [0.25, 0.3) is 0 Å². The van der Waals surface area contributed by atoms with E-state index in [4.69, 9.17) is 32.9 Å². The molecule has 5 rings (SSSR count). The molecule has 0 aromatic heterocycles. The Balaban J connectivity index is 1.50. The van der Waals surface area contributed by atoms with Gasteiger partial charge in [-0.2, -0.15) is 13.2 Å². The molecule has 0 radical (unpaired) electrons. The molecule has 3 aromatic carbocycles. The normalized spacial score (nSPS) is 18.9. The largest absolute Gasteiger partial charge is 0.493 e. The standard InChI is InChI=1S/C37H42Cl2F3N5O4/c1-4-51-31-20-26(37(40,41)42)9-14-30(31)35-44-33(24-5-10-27(38)11-6-24)34(25-7-12-28(39)13-8-25)47(35)36(50)46-17-15-45(16-18-46)21-32(49)43-29(22-48)19-23(2)3/h5-14,20,23,29,33-34,48H,4,15-19,21-22H2,1-3H3,(H,43,49). The van der Waals surface area contributed by atoms with E-state index in [1.807, 2.05) is 30.9 Å². The van der Waals surface area contributed by atoms with Crippen molar-refractivity contribution in [3.63, 3.8) is 0 Å². The molecule has 3 aromatic rings. The first-order valence-corrected chi connectivity index (χ1v) is 17.7. The number of piperazine rings is 1. The molecule has 0 bridgehead atoms. The average Bonchev–Trinajstić information content (AvgIpc) is 3.48. The quantitative estimate of drug-likeness (QED) is 0.216. The van der Waals surface area contributed by atoms with Crippen molar-refractivity contribution < 1.29 is 32.6 Å². The number of aliphatic hydroxyl groups is 1. The highest BCUT2D eigenvalue weighted by Crippen LogP contribution is 2.46. The highest BCUT2D eigenvalue weighted by Gasteiger charge is 2.45. The van der Waals surface area contributed by atoms with Gasteiger partial charge in [-0.15, -0.1) is 0 Å². The summed E-state index contributed by atoms with van der Waals surface area (Å²) in [6.07, 6.45) is -3.96. The summed E-state index contributed by atoms with van der Waals surface area (Å²) in [5.74, 6) is 0.214. The van der Waals surface area contributed by atoms with E-state index in [0.717, 1.165) is 17.7 Å². The van der Waals surface area contributed by atoms with Gasteiger partial charge in [-0.1, -0.05) is 61.3 Å². The predicted octanol–water partition coefficient (Wildman–Crippen LogP) is 7.22. The first-order valence-electron chi connectivity index (χ1n) is 16.9. The van der Waals surface area contributed by atoms with Crippen molar-refractivity contribution >= 4 is 41.0 Å².